The molecule has 1 heterocycles. The maximum Gasteiger partial charge on any atom is 0.254 e. The summed E-state index contributed by atoms with van der Waals surface area (Å²) in [5, 5.41) is 13.7. The molecule has 0 atom stereocenters. The van der Waals surface area contributed by atoms with E-state index in [-0.39, 0.29) is 24.1 Å². The molecule has 2 aromatic carbocycles. The molecule has 0 spiro atoms. The molecule has 0 aliphatic carbocycles. The Kier molecular flexibility index (Phi) is 6.61. The van der Waals surface area contributed by atoms with E-state index in [2.05, 4.69) is 10.5 Å². The van der Waals surface area contributed by atoms with Crippen LogP contribution >= 0.6 is 0 Å². The van der Waals surface area contributed by atoms with Gasteiger partial charge >= 0.3 is 0 Å². The highest BCUT2D eigenvalue weighted by Gasteiger charge is 2.23. The van der Waals surface area contributed by atoms with Crippen LogP contribution in [0.4, 0.5) is 0 Å². The number of aromatic hydroxyl groups is 1. The number of nitrogens with one attached hydrogen (secondary N) is 1. The van der Waals surface area contributed by atoms with Crippen molar-refractivity contribution in [3.05, 3.63) is 64.7 Å². The number of carbonyl (C=O) groups excluding carboxylic acids is 2. The molecule has 0 bridgehead atoms. The first-order chi connectivity index (χ1) is 13.9. The Morgan fingerprint density at radius 1 is 1.03 bits per heavy atom. The van der Waals surface area contributed by atoms with Crippen molar-refractivity contribution in [1.29, 1.82) is 0 Å². The van der Waals surface area contributed by atoms with Crippen LogP contribution in [0.15, 0.2) is 47.6 Å². The van der Waals surface area contributed by atoms with E-state index in [1.807, 2.05) is 47.9 Å². The summed E-state index contributed by atoms with van der Waals surface area (Å²) >= 11 is 0. The number of rotatable bonds is 5. The van der Waals surface area contributed by atoms with Crippen LogP contribution in [0, 0.1) is 13.8 Å². The molecular weight excluding hydrogens is 368 g/mol. The lowest BCUT2D eigenvalue weighted by Crippen LogP contribution is -2.50. The SMILES string of the molecule is Cc1ccc(C(=O)N2CCN(CC(=O)N/N=C/c3cc(C)ccc3O)CC2)cc1. The summed E-state index contributed by atoms with van der Waals surface area (Å²) in [7, 11) is 0. The van der Waals surface area contributed by atoms with Crippen molar-refractivity contribution in [3.63, 3.8) is 0 Å². The van der Waals surface area contributed by atoms with Gasteiger partial charge in [-0.15, -0.1) is 0 Å². The van der Waals surface area contributed by atoms with Crippen LogP contribution in [0.1, 0.15) is 27.0 Å². The molecule has 1 aliphatic rings. The molecule has 7 heteroatoms. The monoisotopic (exact) mass is 394 g/mol. The maximum atomic E-state index is 12.6. The lowest BCUT2D eigenvalue weighted by molar-refractivity contribution is -0.122. The number of hydrogen-bond donors (Lipinski definition) is 2. The van der Waals surface area contributed by atoms with Crippen molar-refractivity contribution >= 4 is 18.0 Å². The molecular formula is C22H26N4O3. The summed E-state index contributed by atoms with van der Waals surface area (Å²) in [5.41, 5.74) is 5.84. The van der Waals surface area contributed by atoms with E-state index in [1.54, 1.807) is 18.2 Å². The van der Waals surface area contributed by atoms with Gasteiger partial charge in [-0.3, -0.25) is 14.5 Å². The topological polar surface area (TPSA) is 85.2 Å². The van der Waals surface area contributed by atoms with E-state index in [0.29, 0.717) is 37.3 Å². The summed E-state index contributed by atoms with van der Waals surface area (Å²) in [6.45, 7) is 6.55. The van der Waals surface area contributed by atoms with Crippen molar-refractivity contribution in [1.82, 2.24) is 15.2 Å². The van der Waals surface area contributed by atoms with Gasteiger partial charge in [0.25, 0.3) is 11.8 Å². The molecule has 2 amide bonds. The van der Waals surface area contributed by atoms with Crippen molar-refractivity contribution in [3.8, 4) is 5.75 Å². The maximum absolute atomic E-state index is 12.6. The van der Waals surface area contributed by atoms with Crippen LogP contribution in [-0.2, 0) is 4.79 Å². The number of benzene rings is 2. The third-order valence-electron chi connectivity index (χ3n) is 4.90. The summed E-state index contributed by atoms with van der Waals surface area (Å²) in [5.74, 6) is -0.0914. The summed E-state index contributed by atoms with van der Waals surface area (Å²) < 4.78 is 0. The number of hydrogen-bond acceptors (Lipinski definition) is 5. The number of carbonyl (C=O) groups is 2. The molecule has 29 heavy (non-hydrogen) atoms. The summed E-state index contributed by atoms with van der Waals surface area (Å²) in [6.07, 6.45) is 1.43. The Hall–Kier alpha value is -3.19. The predicted octanol–water partition coefficient (Wildman–Crippen LogP) is 1.92. The highest BCUT2D eigenvalue weighted by atomic mass is 16.3. The minimum Gasteiger partial charge on any atom is -0.507 e. The number of phenols is 1. The van der Waals surface area contributed by atoms with Crippen molar-refractivity contribution in [2.45, 2.75) is 13.8 Å². The first-order valence-corrected chi connectivity index (χ1v) is 9.62. The van der Waals surface area contributed by atoms with E-state index >= 15 is 0 Å². The number of piperazine rings is 1. The molecule has 0 saturated carbocycles. The molecule has 2 N–H and O–H groups in total. The molecule has 2 aromatic rings. The number of phenolic OH excluding ortho intramolecular Hbond substituents is 1. The normalized spacial score (nSPS) is 14.9. The highest BCUT2D eigenvalue weighted by molar-refractivity contribution is 5.94. The van der Waals surface area contributed by atoms with Gasteiger partial charge in [0.05, 0.1) is 12.8 Å². The van der Waals surface area contributed by atoms with Gasteiger partial charge in [0.2, 0.25) is 0 Å². The zero-order valence-electron chi connectivity index (χ0n) is 16.8. The third-order valence-corrected chi connectivity index (χ3v) is 4.90. The lowest BCUT2D eigenvalue weighted by atomic mass is 10.1. The van der Waals surface area contributed by atoms with Gasteiger partial charge in [-0.05, 0) is 38.1 Å². The van der Waals surface area contributed by atoms with Gasteiger partial charge < -0.3 is 10.0 Å². The highest BCUT2D eigenvalue weighted by Crippen LogP contribution is 2.15. The van der Waals surface area contributed by atoms with Gasteiger partial charge in [0.15, 0.2) is 0 Å². The molecule has 0 unspecified atom stereocenters. The van der Waals surface area contributed by atoms with E-state index < -0.39 is 0 Å². The average Bonchev–Trinajstić information content (AvgIpc) is 2.71. The quantitative estimate of drug-likeness (QED) is 0.599. The van der Waals surface area contributed by atoms with E-state index in [1.165, 1.54) is 6.21 Å². The van der Waals surface area contributed by atoms with E-state index in [9.17, 15) is 14.7 Å². The van der Waals surface area contributed by atoms with Crippen molar-refractivity contribution in [2.24, 2.45) is 5.10 Å². The van der Waals surface area contributed by atoms with Gasteiger partial charge in [-0.1, -0.05) is 29.3 Å². The second-order valence-corrected chi connectivity index (χ2v) is 7.29. The fourth-order valence-corrected chi connectivity index (χ4v) is 3.18. The van der Waals surface area contributed by atoms with Crippen LogP contribution < -0.4 is 5.43 Å². The lowest BCUT2D eigenvalue weighted by Gasteiger charge is -2.34. The zero-order chi connectivity index (χ0) is 20.8. The molecule has 0 aromatic heterocycles. The van der Waals surface area contributed by atoms with Crippen molar-refractivity contribution in [2.75, 3.05) is 32.7 Å². The molecule has 1 aliphatic heterocycles. The Morgan fingerprint density at radius 2 is 1.69 bits per heavy atom. The molecule has 152 valence electrons. The van der Waals surface area contributed by atoms with Gasteiger partial charge in [-0.2, -0.15) is 5.10 Å². The Labute approximate surface area is 170 Å². The fourth-order valence-electron chi connectivity index (χ4n) is 3.18. The minimum atomic E-state index is -0.230. The smallest absolute Gasteiger partial charge is 0.254 e. The van der Waals surface area contributed by atoms with Gasteiger partial charge in [0.1, 0.15) is 5.75 Å². The van der Waals surface area contributed by atoms with Crippen molar-refractivity contribution < 1.29 is 14.7 Å². The Bertz CT molecular complexity index is 901. The fraction of sp³-hybridized carbons (Fsp3) is 0.318. The van der Waals surface area contributed by atoms with E-state index in [4.69, 9.17) is 0 Å². The Morgan fingerprint density at radius 3 is 2.38 bits per heavy atom. The van der Waals surface area contributed by atoms with Crippen LogP contribution in [0.2, 0.25) is 0 Å². The molecule has 3 rings (SSSR count). The standard InChI is InChI=1S/C22H26N4O3/c1-16-3-6-18(7-4-16)22(29)26-11-9-25(10-12-26)15-21(28)24-23-14-19-13-17(2)5-8-20(19)27/h3-8,13-14,27H,9-12,15H2,1-2H3,(H,24,28)/b23-14+. The van der Waals surface area contributed by atoms with Crippen LogP contribution in [0.25, 0.3) is 0 Å². The largest absolute Gasteiger partial charge is 0.507 e. The first-order valence-electron chi connectivity index (χ1n) is 9.62. The van der Waals surface area contributed by atoms with Gasteiger partial charge in [0, 0.05) is 37.3 Å². The molecule has 7 nitrogen and oxygen atoms in total. The predicted molar refractivity (Wildman–Crippen MR) is 112 cm³/mol. The van der Waals surface area contributed by atoms with E-state index in [0.717, 1.165) is 11.1 Å². The summed E-state index contributed by atoms with van der Waals surface area (Å²) in [6, 6.07) is 12.7. The molecule has 1 saturated heterocycles. The summed E-state index contributed by atoms with van der Waals surface area (Å²) in [4.78, 5) is 28.5. The Balaban J connectivity index is 1.44. The van der Waals surface area contributed by atoms with Crippen LogP contribution in [0.5, 0.6) is 5.75 Å². The number of aryl methyl sites for hydroxylation is 2. The third kappa shape index (κ3) is 5.65. The molecule has 0 radical (unpaired) electrons. The van der Waals surface area contributed by atoms with Crippen LogP contribution in [0.3, 0.4) is 0 Å². The number of amides is 2. The van der Waals surface area contributed by atoms with Gasteiger partial charge in [-0.25, -0.2) is 5.43 Å². The minimum absolute atomic E-state index is 0.0247. The second kappa shape index (κ2) is 9.34. The number of hydrazone groups is 1. The zero-order valence-corrected chi connectivity index (χ0v) is 16.8. The molecule has 1 fully saturated rings. The van der Waals surface area contributed by atoms with Crippen LogP contribution in [-0.4, -0.2) is 65.7 Å². The number of nitrogens with zero attached hydrogens (tertiary/aromatic N) is 3. The second-order valence-electron chi connectivity index (χ2n) is 7.29. The first kappa shape index (κ1) is 20.5. The average molecular weight is 394 g/mol.